The molecule has 0 bridgehead atoms. The summed E-state index contributed by atoms with van der Waals surface area (Å²) in [7, 11) is 0. The summed E-state index contributed by atoms with van der Waals surface area (Å²) in [6.45, 7) is 8.88. The van der Waals surface area contributed by atoms with Crippen LogP contribution in [0.25, 0.3) is 44.5 Å². The van der Waals surface area contributed by atoms with Gasteiger partial charge in [-0.05, 0) is 99.1 Å². The molecule has 0 N–H and O–H groups in total. The highest BCUT2D eigenvalue weighted by atomic mass is 14.1. The molecule has 0 fully saturated rings. The quantitative estimate of drug-likeness (QED) is 0.224. The van der Waals surface area contributed by atoms with Crippen molar-refractivity contribution in [3.63, 3.8) is 0 Å². The lowest BCUT2D eigenvalue weighted by molar-refractivity contribution is 1.34. The first kappa shape index (κ1) is 21.2. The molecular weight excluding hydrogens is 396 g/mol. The van der Waals surface area contributed by atoms with E-state index < -0.39 is 0 Å². The minimum atomic E-state index is 1.03. The van der Waals surface area contributed by atoms with Gasteiger partial charge in [0, 0.05) is 0 Å². The Morgan fingerprint density at radius 2 is 0.818 bits per heavy atom. The lowest BCUT2D eigenvalue weighted by atomic mass is 9.93. The van der Waals surface area contributed by atoms with Gasteiger partial charge in [0.2, 0.25) is 0 Å². The molecule has 0 amide bonds. The van der Waals surface area contributed by atoms with E-state index in [0.717, 1.165) is 6.42 Å². The van der Waals surface area contributed by atoms with Crippen LogP contribution in [-0.4, -0.2) is 0 Å². The average molecular weight is 427 g/mol. The minimum absolute atomic E-state index is 1.03. The molecule has 6 rings (SSSR count). The van der Waals surface area contributed by atoms with Crippen molar-refractivity contribution in [3.8, 4) is 0 Å². The molecule has 0 nitrogen and oxygen atoms in total. The van der Waals surface area contributed by atoms with Gasteiger partial charge >= 0.3 is 0 Å². The Balaban J connectivity index is 0.000000139. The first-order chi connectivity index (χ1) is 16.1. The zero-order valence-corrected chi connectivity index (χ0v) is 19.9. The first-order valence-electron chi connectivity index (χ1n) is 11.8. The third kappa shape index (κ3) is 3.66. The van der Waals surface area contributed by atoms with Crippen molar-refractivity contribution in [2.45, 2.75) is 34.1 Å². The van der Waals surface area contributed by atoms with E-state index in [1.54, 1.807) is 0 Å². The van der Waals surface area contributed by atoms with Crippen LogP contribution in [0.5, 0.6) is 0 Å². The Labute approximate surface area is 196 Å². The standard InChI is InChI=1S/C17H16.C16H14/c1-12-14-8-4-3-5-9-15(14)13(2)17-11-7-6-10-16(12)17;1-11-13-7-3-5-9-15(13)12(2)16-10-6-4-8-14(11)16/h3-4,6-11H,5H2,1-2H3;3-10H,1-2H3. The smallest absolute Gasteiger partial charge is 0.0146 e. The lowest BCUT2D eigenvalue weighted by Crippen LogP contribution is -2.30. The Bertz CT molecular complexity index is 1550. The van der Waals surface area contributed by atoms with Gasteiger partial charge in [-0.25, -0.2) is 0 Å². The number of hydrogen-bond acceptors (Lipinski definition) is 0. The summed E-state index contributed by atoms with van der Waals surface area (Å²) in [4.78, 5) is 0. The summed E-state index contributed by atoms with van der Waals surface area (Å²) in [5, 5.41) is 11.1. The summed E-state index contributed by atoms with van der Waals surface area (Å²) < 4.78 is 0. The maximum atomic E-state index is 2.34. The van der Waals surface area contributed by atoms with Crippen LogP contribution in [0.4, 0.5) is 0 Å². The second-order valence-electron chi connectivity index (χ2n) is 9.00. The maximum Gasteiger partial charge on any atom is -0.0146 e. The predicted octanol–water partition coefficient (Wildman–Crippen LogP) is 7.59. The van der Waals surface area contributed by atoms with Crippen molar-refractivity contribution >= 4 is 44.5 Å². The first-order valence-corrected chi connectivity index (χ1v) is 11.8. The van der Waals surface area contributed by atoms with E-state index in [4.69, 9.17) is 0 Å². The van der Waals surface area contributed by atoms with Crippen LogP contribution in [-0.2, 0) is 0 Å². The molecule has 33 heavy (non-hydrogen) atoms. The molecule has 0 saturated heterocycles. The van der Waals surface area contributed by atoms with Gasteiger partial charge in [0.1, 0.15) is 0 Å². The van der Waals surface area contributed by atoms with Crippen LogP contribution in [0.2, 0.25) is 0 Å². The largest absolute Gasteiger partial charge is 0.0807 e. The van der Waals surface area contributed by atoms with E-state index in [1.165, 1.54) is 65.0 Å². The monoisotopic (exact) mass is 426 g/mol. The molecule has 1 aliphatic carbocycles. The number of rotatable bonds is 0. The van der Waals surface area contributed by atoms with Crippen molar-refractivity contribution in [3.05, 3.63) is 118 Å². The van der Waals surface area contributed by atoms with Crippen LogP contribution in [0.3, 0.4) is 0 Å². The van der Waals surface area contributed by atoms with E-state index >= 15 is 0 Å². The van der Waals surface area contributed by atoms with E-state index in [1.807, 2.05) is 0 Å². The average Bonchev–Trinajstić information content (AvgIpc) is 3.13. The van der Waals surface area contributed by atoms with Gasteiger partial charge in [-0.15, -0.1) is 0 Å². The highest BCUT2D eigenvalue weighted by Crippen LogP contribution is 2.31. The number of hydrogen-bond donors (Lipinski definition) is 0. The van der Waals surface area contributed by atoms with Gasteiger partial charge in [-0.1, -0.05) is 97.1 Å². The van der Waals surface area contributed by atoms with Gasteiger partial charge in [0.25, 0.3) is 0 Å². The number of allylic oxidation sites excluding steroid dienone is 2. The molecule has 0 heterocycles. The molecule has 162 valence electrons. The molecule has 0 unspecified atom stereocenters. The molecule has 5 aromatic rings. The van der Waals surface area contributed by atoms with Gasteiger partial charge in [-0.2, -0.15) is 0 Å². The highest BCUT2D eigenvalue weighted by molar-refractivity contribution is 6.05. The summed E-state index contributed by atoms with van der Waals surface area (Å²) in [6, 6.07) is 26.0. The Morgan fingerprint density at radius 3 is 1.24 bits per heavy atom. The normalized spacial score (nSPS) is 12.5. The second-order valence-corrected chi connectivity index (χ2v) is 9.00. The molecule has 0 saturated carbocycles. The highest BCUT2D eigenvalue weighted by Gasteiger charge is 2.07. The molecule has 0 atom stereocenters. The van der Waals surface area contributed by atoms with Crippen molar-refractivity contribution in [1.82, 2.24) is 0 Å². The van der Waals surface area contributed by atoms with Crippen LogP contribution in [0.1, 0.15) is 28.7 Å². The maximum absolute atomic E-state index is 2.34. The molecule has 0 aliphatic heterocycles. The van der Waals surface area contributed by atoms with Crippen molar-refractivity contribution in [2.24, 2.45) is 0 Å². The summed E-state index contributed by atoms with van der Waals surface area (Å²) in [5.41, 5.74) is 5.57. The fourth-order valence-corrected chi connectivity index (χ4v) is 5.30. The molecule has 0 heteroatoms. The Hall–Kier alpha value is -3.64. The number of aryl methyl sites for hydroxylation is 4. The third-order valence-corrected chi connectivity index (χ3v) is 7.16. The summed E-state index contributed by atoms with van der Waals surface area (Å²) in [5.74, 6) is 0. The summed E-state index contributed by atoms with van der Waals surface area (Å²) in [6.07, 6.45) is 9.99. The lowest BCUT2D eigenvalue weighted by Gasteiger charge is -2.11. The SMILES string of the molecule is Cc1c2c(c(C)c3ccccc13)=CCC=CC=2.Cc1c2ccccc2c(C)c2ccccc12. The van der Waals surface area contributed by atoms with Gasteiger partial charge < -0.3 is 0 Å². The van der Waals surface area contributed by atoms with Crippen molar-refractivity contribution < 1.29 is 0 Å². The predicted molar refractivity (Wildman–Crippen MR) is 146 cm³/mol. The van der Waals surface area contributed by atoms with E-state index in [9.17, 15) is 0 Å². The fraction of sp³-hybridized carbons (Fsp3) is 0.152. The molecule has 0 radical (unpaired) electrons. The van der Waals surface area contributed by atoms with Crippen molar-refractivity contribution in [1.29, 1.82) is 0 Å². The van der Waals surface area contributed by atoms with Gasteiger partial charge in [0.15, 0.2) is 0 Å². The number of benzene rings is 5. The number of fused-ring (bicyclic) bond motifs is 4. The third-order valence-electron chi connectivity index (χ3n) is 7.16. The van der Waals surface area contributed by atoms with E-state index in [2.05, 4.69) is 125 Å². The Kier molecular flexibility index (Phi) is 5.60. The zero-order valence-electron chi connectivity index (χ0n) is 19.9. The minimum Gasteiger partial charge on any atom is -0.0807 e. The van der Waals surface area contributed by atoms with E-state index in [0.29, 0.717) is 0 Å². The molecule has 5 aromatic carbocycles. The summed E-state index contributed by atoms with van der Waals surface area (Å²) >= 11 is 0. The molecular formula is C33H30. The van der Waals surface area contributed by atoms with Crippen molar-refractivity contribution in [2.75, 3.05) is 0 Å². The van der Waals surface area contributed by atoms with Crippen LogP contribution < -0.4 is 10.4 Å². The van der Waals surface area contributed by atoms with E-state index in [-0.39, 0.29) is 0 Å². The van der Waals surface area contributed by atoms with Crippen LogP contribution in [0.15, 0.2) is 84.9 Å². The van der Waals surface area contributed by atoms with Crippen LogP contribution in [0, 0.1) is 27.7 Å². The van der Waals surface area contributed by atoms with Gasteiger partial charge in [-0.3, -0.25) is 0 Å². The van der Waals surface area contributed by atoms with Gasteiger partial charge in [0.05, 0.1) is 0 Å². The molecule has 0 spiro atoms. The Morgan fingerprint density at radius 1 is 0.455 bits per heavy atom. The zero-order chi connectivity index (χ0) is 22.9. The second kappa shape index (κ2) is 8.71. The van der Waals surface area contributed by atoms with Crippen LogP contribution >= 0.6 is 0 Å². The topological polar surface area (TPSA) is 0 Å². The molecule has 0 aromatic heterocycles. The molecule has 1 aliphatic rings. The fourth-order valence-electron chi connectivity index (χ4n) is 5.30.